The molecule has 1 fully saturated rings. The highest BCUT2D eigenvalue weighted by molar-refractivity contribution is 5.93. The van der Waals surface area contributed by atoms with Crippen LogP contribution in [-0.4, -0.2) is 39.1 Å². The second-order valence-electron chi connectivity index (χ2n) is 6.47. The number of hydrogen-bond donors (Lipinski definition) is 1. The molecule has 1 aliphatic rings. The Hall–Kier alpha value is -2.11. The van der Waals surface area contributed by atoms with Crippen molar-refractivity contribution in [2.45, 2.75) is 51.9 Å². The number of aryl methyl sites for hydroxylation is 1. The Balaban J connectivity index is 1.78. The molecule has 1 amide bonds. The molecule has 3 rings (SSSR count). The number of nitrogens with one attached hydrogen (secondary N) is 1. The van der Waals surface area contributed by atoms with Gasteiger partial charge in [0.2, 0.25) is 0 Å². The van der Waals surface area contributed by atoms with Crippen molar-refractivity contribution in [3.05, 3.63) is 35.3 Å². The number of hydrogen-bond acceptors (Lipinski definition) is 4. The zero-order chi connectivity index (χ0) is 16.4. The van der Waals surface area contributed by atoms with E-state index in [1.165, 1.54) is 17.7 Å². The standard InChI is InChI=1S/C17H24N4O2/c1-4-12-8-19-20-14(12)13-6-5-7-21(9-13)17(22)15-16(11(2)3)23-10-18-15/h8,10-11,13H,4-7,9H2,1-3H3,(H,19,20)/t13-/m0/s1. The van der Waals surface area contributed by atoms with Crippen molar-refractivity contribution < 1.29 is 9.21 Å². The Morgan fingerprint density at radius 2 is 2.35 bits per heavy atom. The van der Waals surface area contributed by atoms with Crippen LogP contribution in [0.5, 0.6) is 0 Å². The minimum atomic E-state index is -0.0234. The number of piperidine rings is 1. The fraction of sp³-hybridized carbons (Fsp3) is 0.588. The van der Waals surface area contributed by atoms with E-state index in [-0.39, 0.29) is 11.8 Å². The Bertz CT molecular complexity index is 674. The number of aromatic amines is 1. The monoisotopic (exact) mass is 316 g/mol. The molecule has 124 valence electrons. The Kier molecular flexibility index (Phi) is 4.50. The van der Waals surface area contributed by atoms with Crippen LogP contribution in [0.1, 0.15) is 73.0 Å². The lowest BCUT2D eigenvalue weighted by molar-refractivity contribution is 0.0697. The lowest BCUT2D eigenvalue weighted by Crippen LogP contribution is -2.40. The van der Waals surface area contributed by atoms with Crippen LogP contribution in [0, 0.1) is 0 Å². The molecular weight excluding hydrogens is 292 g/mol. The van der Waals surface area contributed by atoms with E-state index in [4.69, 9.17) is 4.42 Å². The van der Waals surface area contributed by atoms with Gasteiger partial charge < -0.3 is 9.32 Å². The predicted molar refractivity (Wildman–Crippen MR) is 86.4 cm³/mol. The fourth-order valence-electron chi connectivity index (χ4n) is 3.33. The number of carbonyl (C=O) groups excluding carboxylic acids is 1. The number of likely N-dealkylation sites (tertiary alicyclic amines) is 1. The average Bonchev–Trinajstić information content (AvgIpc) is 3.23. The largest absolute Gasteiger partial charge is 0.447 e. The molecule has 6 nitrogen and oxygen atoms in total. The number of rotatable bonds is 4. The van der Waals surface area contributed by atoms with E-state index in [1.54, 1.807) is 0 Å². The third-order valence-corrected chi connectivity index (χ3v) is 4.57. The van der Waals surface area contributed by atoms with Crippen LogP contribution < -0.4 is 0 Å². The van der Waals surface area contributed by atoms with Gasteiger partial charge in [-0.2, -0.15) is 5.10 Å². The third kappa shape index (κ3) is 3.02. The van der Waals surface area contributed by atoms with E-state index in [2.05, 4.69) is 22.1 Å². The molecule has 0 radical (unpaired) electrons. The topological polar surface area (TPSA) is 75.0 Å². The predicted octanol–water partition coefficient (Wildman–Crippen LogP) is 3.10. The molecule has 2 aromatic heterocycles. The van der Waals surface area contributed by atoms with Crippen molar-refractivity contribution in [3.63, 3.8) is 0 Å². The number of aromatic nitrogens is 3. The van der Waals surface area contributed by atoms with Crippen molar-refractivity contribution in [1.29, 1.82) is 0 Å². The van der Waals surface area contributed by atoms with Crippen LogP contribution in [0.25, 0.3) is 0 Å². The maximum absolute atomic E-state index is 12.8. The fourth-order valence-corrected chi connectivity index (χ4v) is 3.33. The normalized spacial score (nSPS) is 18.6. The first-order chi connectivity index (χ1) is 11.1. The lowest BCUT2D eigenvalue weighted by atomic mass is 9.91. The summed E-state index contributed by atoms with van der Waals surface area (Å²) in [5, 5.41) is 7.30. The lowest BCUT2D eigenvalue weighted by Gasteiger charge is -2.32. The van der Waals surface area contributed by atoms with Crippen LogP contribution in [0.4, 0.5) is 0 Å². The average molecular weight is 316 g/mol. The van der Waals surface area contributed by atoms with E-state index < -0.39 is 0 Å². The van der Waals surface area contributed by atoms with E-state index in [0.29, 0.717) is 23.9 Å². The van der Waals surface area contributed by atoms with E-state index in [1.807, 2.05) is 24.9 Å². The zero-order valence-corrected chi connectivity index (χ0v) is 14.0. The van der Waals surface area contributed by atoms with Crippen LogP contribution in [0.3, 0.4) is 0 Å². The SMILES string of the molecule is CCc1cn[nH]c1[C@H]1CCCN(C(=O)c2ncoc2C(C)C)C1. The van der Waals surface area contributed by atoms with Crippen LogP contribution in [0.2, 0.25) is 0 Å². The van der Waals surface area contributed by atoms with Gasteiger partial charge in [-0.3, -0.25) is 9.89 Å². The van der Waals surface area contributed by atoms with Gasteiger partial charge in [-0.1, -0.05) is 20.8 Å². The summed E-state index contributed by atoms with van der Waals surface area (Å²) >= 11 is 0. The van der Waals surface area contributed by atoms with Gasteiger partial charge in [-0.05, 0) is 24.8 Å². The van der Waals surface area contributed by atoms with Crippen molar-refractivity contribution in [3.8, 4) is 0 Å². The summed E-state index contributed by atoms with van der Waals surface area (Å²) in [6.07, 6.45) is 6.29. The summed E-state index contributed by atoms with van der Waals surface area (Å²) in [4.78, 5) is 18.9. The van der Waals surface area contributed by atoms with Crippen molar-refractivity contribution in [1.82, 2.24) is 20.1 Å². The van der Waals surface area contributed by atoms with Gasteiger partial charge in [0.1, 0.15) is 5.76 Å². The van der Waals surface area contributed by atoms with Gasteiger partial charge in [-0.25, -0.2) is 4.98 Å². The highest BCUT2D eigenvalue weighted by Gasteiger charge is 2.30. The van der Waals surface area contributed by atoms with E-state index in [0.717, 1.165) is 25.8 Å². The first kappa shape index (κ1) is 15.8. The van der Waals surface area contributed by atoms with Crippen LogP contribution in [0.15, 0.2) is 17.0 Å². The third-order valence-electron chi connectivity index (χ3n) is 4.57. The maximum Gasteiger partial charge on any atom is 0.276 e. The van der Waals surface area contributed by atoms with Crippen LogP contribution >= 0.6 is 0 Å². The summed E-state index contributed by atoms with van der Waals surface area (Å²) in [5.41, 5.74) is 2.88. The molecule has 2 aromatic rings. The smallest absolute Gasteiger partial charge is 0.276 e. The molecule has 0 unspecified atom stereocenters. The second kappa shape index (κ2) is 6.56. The Labute approximate surface area is 136 Å². The quantitative estimate of drug-likeness (QED) is 0.940. The van der Waals surface area contributed by atoms with Gasteiger partial charge in [0.05, 0.1) is 6.20 Å². The number of oxazole rings is 1. The summed E-state index contributed by atoms with van der Waals surface area (Å²) in [6.45, 7) is 7.63. The molecular formula is C17H24N4O2. The Morgan fingerprint density at radius 3 is 3.09 bits per heavy atom. The molecule has 23 heavy (non-hydrogen) atoms. The summed E-state index contributed by atoms with van der Waals surface area (Å²) in [7, 11) is 0. The molecule has 1 aliphatic heterocycles. The first-order valence-electron chi connectivity index (χ1n) is 8.36. The van der Waals surface area contributed by atoms with Gasteiger partial charge in [-0.15, -0.1) is 0 Å². The van der Waals surface area contributed by atoms with E-state index in [9.17, 15) is 4.79 Å². The van der Waals surface area contributed by atoms with Gasteiger partial charge >= 0.3 is 0 Å². The van der Waals surface area contributed by atoms with Gasteiger partial charge in [0.15, 0.2) is 12.1 Å². The summed E-state index contributed by atoms with van der Waals surface area (Å²) in [5.74, 6) is 1.12. The molecule has 0 saturated carbocycles. The number of H-pyrrole nitrogens is 1. The number of amides is 1. The number of carbonyl (C=O) groups is 1. The Morgan fingerprint density at radius 1 is 1.52 bits per heavy atom. The number of nitrogens with zero attached hydrogens (tertiary/aromatic N) is 3. The molecule has 1 saturated heterocycles. The maximum atomic E-state index is 12.8. The van der Waals surface area contributed by atoms with E-state index >= 15 is 0 Å². The molecule has 6 heteroatoms. The molecule has 0 aromatic carbocycles. The van der Waals surface area contributed by atoms with Gasteiger partial charge in [0.25, 0.3) is 5.91 Å². The zero-order valence-electron chi connectivity index (χ0n) is 14.0. The molecule has 3 heterocycles. The minimum absolute atomic E-state index is 0.0234. The highest BCUT2D eigenvalue weighted by atomic mass is 16.3. The van der Waals surface area contributed by atoms with Crippen molar-refractivity contribution in [2.24, 2.45) is 0 Å². The summed E-state index contributed by atoms with van der Waals surface area (Å²) in [6, 6.07) is 0. The molecule has 0 aliphatic carbocycles. The first-order valence-corrected chi connectivity index (χ1v) is 8.36. The highest BCUT2D eigenvalue weighted by Crippen LogP contribution is 2.29. The minimum Gasteiger partial charge on any atom is -0.447 e. The molecule has 0 bridgehead atoms. The second-order valence-corrected chi connectivity index (χ2v) is 6.47. The molecule has 0 spiro atoms. The molecule has 1 N–H and O–H groups in total. The van der Waals surface area contributed by atoms with Crippen LogP contribution in [-0.2, 0) is 6.42 Å². The molecule has 1 atom stereocenters. The van der Waals surface area contributed by atoms with Crippen molar-refractivity contribution >= 4 is 5.91 Å². The summed E-state index contributed by atoms with van der Waals surface area (Å²) < 4.78 is 5.40. The van der Waals surface area contributed by atoms with Crippen molar-refractivity contribution in [2.75, 3.05) is 13.1 Å². The van der Waals surface area contributed by atoms with Gasteiger partial charge in [0, 0.05) is 30.6 Å².